The molecule has 7 heteroatoms. The first-order valence-corrected chi connectivity index (χ1v) is 12.1. The molecule has 1 aliphatic rings. The normalized spacial score (nSPS) is 13.0. The number of methoxy groups -OCH3 is 1. The summed E-state index contributed by atoms with van der Waals surface area (Å²) in [4.78, 5) is 27.9. The van der Waals surface area contributed by atoms with Crippen LogP contribution in [0.1, 0.15) is 39.1 Å². The summed E-state index contributed by atoms with van der Waals surface area (Å²) in [6.45, 7) is 2.15. The smallest absolute Gasteiger partial charge is 0.259 e. The van der Waals surface area contributed by atoms with Crippen molar-refractivity contribution in [3.8, 4) is 17.0 Å². The minimum Gasteiger partial charge on any atom is -0.497 e. The number of likely N-dealkylation sites (tertiary alicyclic amines) is 1. The predicted octanol–water partition coefficient (Wildman–Crippen LogP) is 5.10. The molecule has 0 bridgehead atoms. The van der Waals surface area contributed by atoms with Crippen LogP contribution in [0.5, 0.6) is 5.75 Å². The Morgan fingerprint density at radius 2 is 1.69 bits per heavy atom. The number of ether oxygens (including phenoxy) is 1. The fourth-order valence-corrected chi connectivity index (χ4v) is 4.42. The highest BCUT2D eigenvalue weighted by Gasteiger charge is 2.21. The minimum absolute atomic E-state index is 0.0351. The molecule has 2 heterocycles. The number of anilines is 1. The van der Waals surface area contributed by atoms with Gasteiger partial charge in [0.15, 0.2) is 0 Å². The van der Waals surface area contributed by atoms with Gasteiger partial charge in [0.1, 0.15) is 11.4 Å². The van der Waals surface area contributed by atoms with Gasteiger partial charge in [-0.25, -0.2) is 0 Å². The Balaban J connectivity index is 1.40. The van der Waals surface area contributed by atoms with Crippen molar-refractivity contribution in [1.29, 1.82) is 0 Å². The molecular formula is C29H28N4O3. The van der Waals surface area contributed by atoms with Crippen LogP contribution in [0.3, 0.4) is 0 Å². The molecule has 7 nitrogen and oxygen atoms in total. The summed E-state index contributed by atoms with van der Waals surface area (Å²) in [6.07, 6.45) is 3.86. The van der Waals surface area contributed by atoms with Crippen molar-refractivity contribution in [3.05, 3.63) is 102 Å². The van der Waals surface area contributed by atoms with E-state index < -0.39 is 0 Å². The van der Waals surface area contributed by atoms with Gasteiger partial charge in [0.05, 0.1) is 19.2 Å². The number of hydrogen-bond acceptors (Lipinski definition) is 4. The Bertz CT molecular complexity index is 1360. The topological polar surface area (TPSA) is 76.5 Å². The molecule has 36 heavy (non-hydrogen) atoms. The number of carbonyl (C=O) groups excluding carboxylic acids is 2. The summed E-state index contributed by atoms with van der Waals surface area (Å²) >= 11 is 0. The van der Waals surface area contributed by atoms with Crippen molar-refractivity contribution in [2.45, 2.75) is 19.4 Å². The van der Waals surface area contributed by atoms with E-state index in [9.17, 15) is 9.59 Å². The van der Waals surface area contributed by atoms with Gasteiger partial charge in [-0.1, -0.05) is 42.5 Å². The van der Waals surface area contributed by atoms with E-state index in [2.05, 4.69) is 5.32 Å². The number of benzene rings is 3. The van der Waals surface area contributed by atoms with Crippen molar-refractivity contribution in [2.24, 2.45) is 0 Å². The molecule has 2 amide bonds. The van der Waals surface area contributed by atoms with E-state index in [1.165, 1.54) is 0 Å². The van der Waals surface area contributed by atoms with Crippen molar-refractivity contribution in [1.82, 2.24) is 14.7 Å². The SMILES string of the molecule is COc1cccc(-c2nn(Cc3ccccc3)cc2C(=O)Nc2ccc(C(=O)N3CCCC3)cc2)c1. The van der Waals surface area contributed by atoms with Crippen LogP contribution in [0.4, 0.5) is 5.69 Å². The van der Waals surface area contributed by atoms with Crippen LogP contribution in [-0.2, 0) is 6.54 Å². The van der Waals surface area contributed by atoms with Crippen LogP contribution in [0.25, 0.3) is 11.3 Å². The maximum absolute atomic E-state index is 13.4. The molecule has 1 aromatic heterocycles. The van der Waals surface area contributed by atoms with Crippen molar-refractivity contribution >= 4 is 17.5 Å². The first-order valence-electron chi connectivity index (χ1n) is 12.1. The van der Waals surface area contributed by atoms with Crippen LogP contribution >= 0.6 is 0 Å². The van der Waals surface area contributed by atoms with Crippen LogP contribution in [0.2, 0.25) is 0 Å². The summed E-state index contributed by atoms with van der Waals surface area (Å²) in [5, 5.41) is 7.71. The van der Waals surface area contributed by atoms with Crippen LogP contribution < -0.4 is 10.1 Å². The molecule has 0 saturated carbocycles. The zero-order valence-electron chi connectivity index (χ0n) is 20.2. The average molecular weight is 481 g/mol. The lowest BCUT2D eigenvalue weighted by Crippen LogP contribution is -2.27. The van der Waals surface area contributed by atoms with Crippen molar-refractivity contribution < 1.29 is 14.3 Å². The summed E-state index contributed by atoms with van der Waals surface area (Å²) in [6, 6.07) is 24.5. The quantitative estimate of drug-likeness (QED) is 0.400. The molecule has 3 aromatic carbocycles. The fourth-order valence-electron chi connectivity index (χ4n) is 4.42. The van der Waals surface area contributed by atoms with Gasteiger partial charge in [0.2, 0.25) is 0 Å². The monoisotopic (exact) mass is 480 g/mol. The second-order valence-corrected chi connectivity index (χ2v) is 8.84. The standard InChI is InChI=1S/C29H28N4O3/c1-36-25-11-7-10-23(18-25)27-26(20-33(31-27)19-21-8-3-2-4-9-21)28(34)30-24-14-12-22(13-15-24)29(35)32-16-5-6-17-32/h2-4,7-15,18,20H,5-6,16-17,19H2,1H3,(H,30,34). The molecule has 1 N–H and O–H groups in total. The van der Waals surface area contributed by atoms with Gasteiger partial charge in [-0.3, -0.25) is 14.3 Å². The van der Waals surface area contributed by atoms with Crippen LogP contribution in [0.15, 0.2) is 85.1 Å². The molecule has 1 fully saturated rings. The van der Waals surface area contributed by atoms with Gasteiger partial charge < -0.3 is 15.0 Å². The molecule has 5 rings (SSSR count). The lowest BCUT2D eigenvalue weighted by molar-refractivity contribution is 0.0792. The van der Waals surface area contributed by atoms with Crippen molar-refractivity contribution in [2.75, 3.05) is 25.5 Å². The average Bonchev–Trinajstić information content (AvgIpc) is 3.60. The number of hydrogen-bond donors (Lipinski definition) is 1. The number of aromatic nitrogens is 2. The number of carbonyl (C=O) groups is 2. The Morgan fingerprint density at radius 1 is 0.944 bits per heavy atom. The Morgan fingerprint density at radius 3 is 2.42 bits per heavy atom. The Kier molecular flexibility index (Phi) is 6.80. The Labute approximate surface area is 210 Å². The second-order valence-electron chi connectivity index (χ2n) is 8.84. The molecule has 4 aromatic rings. The number of amides is 2. The summed E-state index contributed by atoms with van der Waals surface area (Å²) in [7, 11) is 1.61. The largest absolute Gasteiger partial charge is 0.497 e. The lowest BCUT2D eigenvalue weighted by atomic mass is 10.1. The van der Waals surface area contributed by atoms with E-state index in [0.717, 1.165) is 37.1 Å². The first-order chi connectivity index (χ1) is 17.6. The van der Waals surface area contributed by atoms with Gasteiger partial charge in [-0.15, -0.1) is 0 Å². The van der Waals surface area contributed by atoms with E-state index in [4.69, 9.17) is 9.84 Å². The Hall–Kier alpha value is -4.39. The van der Waals surface area contributed by atoms with Crippen LogP contribution in [-0.4, -0.2) is 46.7 Å². The minimum atomic E-state index is -0.272. The second kappa shape index (κ2) is 10.5. The van der Waals surface area contributed by atoms with Gasteiger partial charge in [0.25, 0.3) is 11.8 Å². The number of rotatable bonds is 7. The summed E-state index contributed by atoms with van der Waals surface area (Å²) in [5.41, 5.74) is 4.15. The molecular weight excluding hydrogens is 452 g/mol. The third kappa shape index (κ3) is 5.15. The maximum atomic E-state index is 13.4. The summed E-state index contributed by atoms with van der Waals surface area (Å²) in [5.74, 6) is 0.452. The van der Waals surface area contributed by atoms with E-state index in [-0.39, 0.29) is 11.8 Å². The lowest BCUT2D eigenvalue weighted by Gasteiger charge is -2.15. The third-order valence-electron chi connectivity index (χ3n) is 6.32. The predicted molar refractivity (Wildman–Crippen MR) is 139 cm³/mol. The molecule has 1 saturated heterocycles. The highest BCUT2D eigenvalue weighted by atomic mass is 16.5. The highest BCUT2D eigenvalue weighted by Crippen LogP contribution is 2.27. The molecule has 0 spiro atoms. The molecule has 1 aliphatic heterocycles. The molecule has 0 radical (unpaired) electrons. The molecule has 0 atom stereocenters. The molecule has 182 valence electrons. The van der Waals surface area contributed by atoms with Gasteiger partial charge >= 0.3 is 0 Å². The van der Waals surface area contributed by atoms with Crippen LogP contribution in [0, 0.1) is 0 Å². The van der Waals surface area contributed by atoms with Crippen molar-refractivity contribution in [3.63, 3.8) is 0 Å². The van der Waals surface area contributed by atoms with Gasteiger partial charge in [0, 0.05) is 36.1 Å². The van der Waals surface area contributed by atoms with E-state index >= 15 is 0 Å². The van der Waals surface area contributed by atoms with E-state index in [0.29, 0.717) is 34.8 Å². The molecule has 0 aliphatic carbocycles. The summed E-state index contributed by atoms with van der Waals surface area (Å²) < 4.78 is 7.15. The maximum Gasteiger partial charge on any atom is 0.259 e. The molecule has 0 unspecified atom stereocenters. The number of nitrogens with one attached hydrogen (secondary N) is 1. The highest BCUT2D eigenvalue weighted by molar-refractivity contribution is 6.08. The number of nitrogens with zero attached hydrogens (tertiary/aromatic N) is 3. The van der Waals surface area contributed by atoms with Gasteiger partial charge in [-0.05, 0) is 54.8 Å². The zero-order chi connectivity index (χ0) is 24.9. The first kappa shape index (κ1) is 23.4. The van der Waals surface area contributed by atoms with E-state index in [1.807, 2.05) is 59.5 Å². The fraction of sp³-hybridized carbons (Fsp3) is 0.207. The zero-order valence-corrected chi connectivity index (χ0v) is 20.2. The third-order valence-corrected chi connectivity index (χ3v) is 6.32. The van der Waals surface area contributed by atoms with E-state index in [1.54, 1.807) is 42.3 Å². The van der Waals surface area contributed by atoms with Gasteiger partial charge in [-0.2, -0.15) is 5.10 Å².